The molecule has 0 radical (unpaired) electrons. The number of hydrogen-bond donors (Lipinski definition) is 2. The molecule has 5 heteroatoms. The van der Waals surface area contributed by atoms with Gasteiger partial charge in [0.25, 0.3) is 0 Å². The molecule has 3 rings (SSSR count). The van der Waals surface area contributed by atoms with Gasteiger partial charge in [0.05, 0.1) is 0 Å². The van der Waals surface area contributed by atoms with Crippen LogP contribution in [-0.2, 0) is 13.1 Å². The van der Waals surface area contributed by atoms with Gasteiger partial charge in [0.1, 0.15) is 11.4 Å². The molecule has 2 N–H and O–H groups in total. The minimum Gasteiger partial charge on any atom is -0.306 e. The second kappa shape index (κ2) is 5.77. The number of thiophene rings is 1. The topological polar surface area (TPSA) is 53.6 Å². The Morgan fingerprint density at radius 1 is 1.00 bits per heavy atom. The van der Waals surface area contributed by atoms with Crippen LogP contribution < -0.4 is 5.32 Å². The van der Waals surface area contributed by atoms with E-state index in [4.69, 9.17) is 0 Å². The average Bonchev–Trinajstić information content (AvgIpc) is 3.11. The summed E-state index contributed by atoms with van der Waals surface area (Å²) in [6, 6.07) is 14.3. The summed E-state index contributed by atoms with van der Waals surface area (Å²) in [6.07, 6.45) is 0. The summed E-state index contributed by atoms with van der Waals surface area (Å²) in [5.41, 5.74) is 2.95. The van der Waals surface area contributed by atoms with Crippen LogP contribution in [0.2, 0.25) is 0 Å². The van der Waals surface area contributed by atoms with Gasteiger partial charge in [-0.1, -0.05) is 36.4 Å². The van der Waals surface area contributed by atoms with Crippen molar-refractivity contribution in [1.82, 2.24) is 20.7 Å². The molecule has 0 fully saturated rings. The quantitative estimate of drug-likeness (QED) is 0.749. The number of nitrogens with one attached hydrogen (secondary N) is 2. The van der Waals surface area contributed by atoms with Crippen LogP contribution >= 0.6 is 11.3 Å². The maximum absolute atomic E-state index is 4.23. The van der Waals surface area contributed by atoms with E-state index in [1.54, 1.807) is 11.3 Å². The summed E-state index contributed by atoms with van der Waals surface area (Å²) in [5.74, 6) is 0. The van der Waals surface area contributed by atoms with Crippen LogP contribution in [0.4, 0.5) is 0 Å². The number of H-pyrrole nitrogens is 1. The minimum absolute atomic E-state index is 0.707. The van der Waals surface area contributed by atoms with Gasteiger partial charge in [0, 0.05) is 23.5 Å². The highest BCUT2D eigenvalue weighted by molar-refractivity contribution is 7.09. The molecule has 0 saturated heterocycles. The normalized spacial score (nSPS) is 10.7. The van der Waals surface area contributed by atoms with Crippen LogP contribution in [0.15, 0.2) is 47.8 Å². The van der Waals surface area contributed by atoms with E-state index in [0.29, 0.717) is 6.54 Å². The predicted octanol–water partition coefficient (Wildman–Crippen LogP) is 2.82. The zero-order valence-electron chi connectivity index (χ0n) is 10.3. The number of nitrogens with zero attached hydrogens (tertiary/aromatic N) is 2. The molecule has 0 aliphatic rings. The van der Waals surface area contributed by atoms with E-state index in [0.717, 1.165) is 23.5 Å². The van der Waals surface area contributed by atoms with Crippen molar-refractivity contribution in [3.8, 4) is 11.3 Å². The number of hydrogen-bond acceptors (Lipinski definition) is 4. The number of benzene rings is 1. The molecule has 0 amide bonds. The first kappa shape index (κ1) is 12.1. The Morgan fingerprint density at radius 3 is 2.68 bits per heavy atom. The van der Waals surface area contributed by atoms with E-state index < -0.39 is 0 Å². The first-order valence-corrected chi connectivity index (χ1v) is 6.99. The fraction of sp³-hybridized carbons (Fsp3) is 0.143. The SMILES string of the molecule is c1ccc(-c2n[nH]nc2CNCc2cccs2)cc1. The van der Waals surface area contributed by atoms with Gasteiger partial charge >= 0.3 is 0 Å². The Morgan fingerprint density at radius 2 is 1.89 bits per heavy atom. The second-order valence-corrected chi connectivity index (χ2v) is 5.20. The van der Waals surface area contributed by atoms with Crippen molar-refractivity contribution in [3.63, 3.8) is 0 Å². The molecule has 0 unspecified atom stereocenters. The molecule has 0 aliphatic heterocycles. The largest absolute Gasteiger partial charge is 0.306 e. The molecule has 96 valence electrons. The Kier molecular flexibility index (Phi) is 3.67. The van der Waals surface area contributed by atoms with Gasteiger partial charge in [-0.15, -0.1) is 11.3 Å². The molecule has 2 aromatic heterocycles. The Labute approximate surface area is 115 Å². The van der Waals surface area contributed by atoms with E-state index in [1.807, 2.05) is 30.3 Å². The Hall–Kier alpha value is -1.98. The summed E-state index contributed by atoms with van der Waals surface area (Å²) >= 11 is 1.75. The number of aromatic nitrogens is 3. The molecule has 3 aromatic rings. The van der Waals surface area contributed by atoms with Crippen LogP contribution in [-0.4, -0.2) is 15.4 Å². The van der Waals surface area contributed by atoms with Gasteiger partial charge in [-0.25, -0.2) is 0 Å². The summed E-state index contributed by atoms with van der Waals surface area (Å²) in [7, 11) is 0. The molecule has 0 saturated carbocycles. The van der Waals surface area contributed by atoms with Crippen molar-refractivity contribution in [2.75, 3.05) is 0 Å². The van der Waals surface area contributed by atoms with Gasteiger partial charge in [-0.05, 0) is 11.4 Å². The molecule has 0 atom stereocenters. The highest BCUT2D eigenvalue weighted by Gasteiger charge is 2.09. The fourth-order valence-corrected chi connectivity index (χ4v) is 2.59. The lowest BCUT2D eigenvalue weighted by Gasteiger charge is -2.02. The van der Waals surface area contributed by atoms with Crippen molar-refractivity contribution in [3.05, 3.63) is 58.4 Å². The van der Waals surface area contributed by atoms with E-state index in [2.05, 4.69) is 38.2 Å². The monoisotopic (exact) mass is 270 g/mol. The highest BCUT2D eigenvalue weighted by atomic mass is 32.1. The van der Waals surface area contributed by atoms with E-state index >= 15 is 0 Å². The first-order chi connectivity index (χ1) is 9.43. The Balaban J connectivity index is 1.67. The zero-order valence-corrected chi connectivity index (χ0v) is 11.2. The number of rotatable bonds is 5. The molecule has 4 nitrogen and oxygen atoms in total. The maximum Gasteiger partial charge on any atom is 0.117 e. The predicted molar refractivity (Wildman–Crippen MR) is 76.7 cm³/mol. The molecule has 2 heterocycles. The fourth-order valence-electron chi connectivity index (χ4n) is 1.92. The van der Waals surface area contributed by atoms with Crippen molar-refractivity contribution < 1.29 is 0 Å². The first-order valence-electron chi connectivity index (χ1n) is 6.11. The smallest absolute Gasteiger partial charge is 0.117 e. The van der Waals surface area contributed by atoms with Crippen LogP contribution in [0.5, 0.6) is 0 Å². The van der Waals surface area contributed by atoms with Gasteiger partial charge in [0.2, 0.25) is 0 Å². The third-order valence-electron chi connectivity index (χ3n) is 2.84. The zero-order chi connectivity index (χ0) is 12.9. The summed E-state index contributed by atoms with van der Waals surface area (Å²) in [6.45, 7) is 1.57. The second-order valence-electron chi connectivity index (χ2n) is 4.17. The highest BCUT2D eigenvalue weighted by Crippen LogP contribution is 2.18. The molecule has 0 aliphatic carbocycles. The molecular weight excluding hydrogens is 256 g/mol. The summed E-state index contributed by atoms with van der Waals surface area (Å²) in [5, 5.41) is 16.6. The standard InChI is InChI=1S/C14H14N4S/c1-2-5-11(6-3-1)14-13(16-18-17-14)10-15-9-12-7-4-8-19-12/h1-8,15H,9-10H2,(H,16,17,18). The minimum atomic E-state index is 0.707. The van der Waals surface area contributed by atoms with Crippen LogP contribution in [0, 0.1) is 0 Å². The van der Waals surface area contributed by atoms with Crippen molar-refractivity contribution >= 4 is 11.3 Å². The average molecular weight is 270 g/mol. The molecule has 1 aromatic carbocycles. The van der Waals surface area contributed by atoms with E-state index in [1.165, 1.54) is 4.88 Å². The van der Waals surface area contributed by atoms with Gasteiger partial charge in [0.15, 0.2) is 0 Å². The molecular formula is C14H14N4S. The maximum atomic E-state index is 4.23. The third kappa shape index (κ3) is 2.89. The third-order valence-corrected chi connectivity index (χ3v) is 3.72. The van der Waals surface area contributed by atoms with Gasteiger partial charge in [-0.3, -0.25) is 0 Å². The van der Waals surface area contributed by atoms with Crippen LogP contribution in [0.1, 0.15) is 10.6 Å². The lowest BCUT2D eigenvalue weighted by Crippen LogP contribution is -2.12. The summed E-state index contributed by atoms with van der Waals surface area (Å²) < 4.78 is 0. The van der Waals surface area contributed by atoms with Crippen LogP contribution in [0.3, 0.4) is 0 Å². The van der Waals surface area contributed by atoms with Crippen molar-refractivity contribution in [2.24, 2.45) is 0 Å². The number of aromatic amines is 1. The van der Waals surface area contributed by atoms with Crippen LogP contribution in [0.25, 0.3) is 11.3 Å². The van der Waals surface area contributed by atoms with E-state index in [9.17, 15) is 0 Å². The summed E-state index contributed by atoms with van der Waals surface area (Å²) in [4.78, 5) is 1.32. The molecule has 19 heavy (non-hydrogen) atoms. The lowest BCUT2D eigenvalue weighted by molar-refractivity contribution is 0.684. The van der Waals surface area contributed by atoms with Gasteiger partial charge < -0.3 is 5.32 Å². The van der Waals surface area contributed by atoms with Gasteiger partial charge in [-0.2, -0.15) is 15.4 Å². The molecule has 0 bridgehead atoms. The van der Waals surface area contributed by atoms with Crippen molar-refractivity contribution in [1.29, 1.82) is 0 Å². The lowest BCUT2D eigenvalue weighted by atomic mass is 10.1. The molecule has 0 spiro atoms. The van der Waals surface area contributed by atoms with Crippen molar-refractivity contribution in [2.45, 2.75) is 13.1 Å². The van der Waals surface area contributed by atoms with E-state index in [-0.39, 0.29) is 0 Å². The Bertz CT molecular complexity index is 616.